The number of nitrogens with one attached hydrogen (secondary N) is 1. The summed E-state index contributed by atoms with van der Waals surface area (Å²) in [5, 5.41) is 0.935. The molecule has 96 valence electrons. The smallest absolute Gasteiger partial charge is 0.147 e. The Morgan fingerprint density at radius 3 is 2.56 bits per heavy atom. The summed E-state index contributed by atoms with van der Waals surface area (Å²) in [6.45, 7) is 2.19. The highest BCUT2D eigenvalue weighted by atomic mass is 32.2. The summed E-state index contributed by atoms with van der Waals surface area (Å²) in [4.78, 5) is 0. The third-order valence-corrected chi connectivity index (χ3v) is 6.88. The molecule has 1 rings (SSSR count). The molecule has 3 unspecified atom stereocenters. The van der Waals surface area contributed by atoms with E-state index in [1.54, 1.807) is 0 Å². The first-order chi connectivity index (χ1) is 7.44. The number of rotatable bonds is 5. The highest BCUT2D eigenvalue weighted by Crippen LogP contribution is 2.33. The minimum absolute atomic E-state index is 0.0857. The fraction of sp³-hybridized carbons (Fsp3) is 1.00. The molecule has 0 aromatic rings. The number of hydrazine groups is 1. The minimum Gasteiger partial charge on any atom is -0.271 e. The number of hydrogen-bond donors (Lipinski definition) is 2. The summed E-state index contributed by atoms with van der Waals surface area (Å²) in [5.74, 6) is 8.03. The van der Waals surface area contributed by atoms with Gasteiger partial charge in [-0.1, -0.05) is 6.92 Å². The first-order valence-corrected chi connectivity index (χ1v) is 9.47. The summed E-state index contributed by atoms with van der Waals surface area (Å²) >= 11 is 3.83. The fourth-order valence-corrected chi connectivity index (χ4v) is 5.44. The van der Waals surface area contributed by atoms with Crippen molar-refractivity contribution in [3.8, 4) is 0 Å². The number of sulfone groups is 1. The van der Waals surface area contributed by atoms with Gasteiger partial charge in [-0.25, -0.2) is 8.42 Å². The lowest BCUT2D eigenvalue weighted by molar-refractivity contribution is 0.488. The molecule has 0 amide bonds. The largest absolute Gasteiger partial charge is 0.271 e. The first-order valence-electron chi connectivity index (χ1n) is 5.31. The Hall–Kier alpha value is 0.570. The van der Waals surface area contributed by atoms with Crippen LogP contribution in [0.3, 0.4) is 0 Å². The molecule has 0 aromatic heterocycles. The molecule has 1 heterocycles. The molecule has 4 nitrogen and oxygen atoms in total. The Morgan fingerprint density at radius 1 is 1.44 bits per heavy atom. The molecule has 1 aliphatic rings. The Bertz CT molecular complexity index is 308. The first kappa shape index (κ1) is 14.6. The lowest BCUT2D eigenvalue weighted by atomic mass is 10.1. The van der Waals surface area contributed by atoms with E-state index in [1.807, 2.05) is 23.5 Å². The lowest BCUT2D eigenvalue weighted by Gasteiger charge is -2.34. The van der Waals surface area contributed by atoms with Crippen molar-refractivity contribution in [1.29, 1.82) is 0 Å². The molecule has 0 aliphatic carbocycles. The molecule has 1 aliphatic heterocycles. The summed E-state index contributed by atoms with van der Waals surface area (Å²) < 4.78 is 22.3. The molecular formula is C9H20N2O2S3. The maximum Gasteiger partial charge on any atom is 0.147 e. The standard InChI is InChI=1S/C9H20N2O2S3/c1-7-9(15-5-4-14-7)8(11-10)3-6-16(2,12)13/h7-9,11H,3-6,10H2,1-2H3. The summed E-state index contributed by atoms with van der Waals surface area (Å²) in [6, 6.07) is 0.0857. The molecule has 0 spiro atoms. The van der Waals surface area contributed by atoms with E-state index in [2.05, 4.69) is 12.3 Å². The van der Waals surface area contributed by atoms with Gasteiger partial charge in [-0.15, -0.1) is 0 Å². The Morgan fingerprint density at radius 2 is 2.06 bits per heavy atom. The van der Waals surface area contributed by atoms with Crippen LogP contribution in [-0.2, 0) is 9.84 Å². The van der Waals surface area contributed by atoms with Gasteiger partial charge >= 0.3 is 0 Å². The van der Waals surface area contributed by atoms with Crippen molar-refractivity contribution in [2.45, 2.75) is 29.9 Å². The maximum atomic E-state index is 11.1. The second-order valence-corrected chi connectivity index (χ2v) is 9.13. The zero-order valence-corrected chi connectivity index (χ0v) is 12.1. The SMILES string of the molecule is CC1SCCSC1C(CCS(C)(=O)=O)NN. The molecule has 3 atom stereocenters. The molecule has 0 bridgehead atoms. The lowest BCUT2D eigenvalue weighted by Crippen LogP contribution is -2.48. The topological polar surface area (TPSA) is 72.2 Å². The summed E-state index contributed by atoms with van der Waals surface area (Å²) in [7, 11) is -2.90. The van der Waals surface area contributed by atoms with Crippen molar-refractivity contribution < 1.29 is 8.42 Å². The minimum atomic E-state index is -2.90. The monoisotopic (exact) mass is 284 g/mol. The van der Waals surface area contributed by atoms with Gasteiger partial charge in [0.2, 0.25) is 0 Å². The average Bonchev–Trinajstić information content (AvgIpc) is 2.20. The van der Waals surface area contributed by atoms with Gasteiger partial charge in [-0.2, -0.15) is 23.5 Å². The Labute approximate surface area is 106 Å². The van der Waals surface area contributed by atoms with Crippen LogP contribution in [0, 0.1) is 0 Å². The quantitative estimate of drug-likeness (QED) is 0.565. The molecule has 1 fully saturated rings. The molecule has 0 aromatic carbocycles. The molecule has 0 radical (unpaired) electrons. The van der Waals surface area contributed by atoms with Crippen LogP contribution in [0.4, 0.5) is 0 Å². The van der Waals surface area contributed by atoms with Gasteiger partial charge < -0.3 is 0 Å². The molecule has 0 saturated carbocycles. The zero-order chi connectivity index (χ0) is 12.2. The van der Waals surface area contributed by atoms with Gasteiger partial charge in [0.1, 0.15) is 9.84 Å². The van der Waals surface area contributed by atoms with E-state index in [0.717, 1.165) is 5.75 Å². The van der Waals surface area contributed by atoms with Crippen molar-refractivity contribution in [3.05, 3.63) is 0 Å². The van der Waals surface area contributed by atoms with Crippen molar-refractivity contribution in [1.82, 2.24) is 5.43 Å². The van der Waals surface area contributed by atoms with E-state index in [0.29, 0.717) is 16.9 Å². The Balaban J connectivity index is 2.52. The number of thioether (sulfide) groups is 2. The summed E-state index contributed by atoms with van der Waals surface area (Å²) in [6.07, 6.45) is 1.87. The van der Waals surface area contributed by atoms with E-state index in [1.165, 1.54) is 12.0 Å². The van der Waals surface area contributed by atoms with Gasteiger partial charge in [0.05, 0.1) is 5.75 Å². The molecule has 7 heteroatoms. The highest BCUT2D eigenvalue weighted by Gasteiger charge is 2.30. The van der Waals surface area contributed by atoms with Crippen LogP contribution in [0.15, 0.2) is 0 Å². The van der Waals surface area contributed by atoms with Crippen LogP contribution in [-0.4, -0.2) is 48.5 Å². The number of nitrogens with two attached hydrogens (primary N) is 1. The predicted octanol–water partition coefficient (Wildman–Crippen LogP) is 0.490. The third-order valence-electron chi connectivity index (χ3n) is 2.65. The zero-order valence-electron chi connectivity index (χ0n) is 9.68. The van der Waals surface area contributed by atoms with E-state index < -0.39 is 9.84 Å². The van der Waals surface area contributed by atoms with E-state index in [4.69, 9.17) is 5.84 Å². The van der Waals surface area contributed by atoms with Crippen LogP contribution in [0.25, 0.3) is 0 Å². The van der Waals surface area contributed by atoms with Gasteiger partial charge in [0.25, 0.3) is 0 Å². The van der Waals surface area contributed by atoms with Crippen molar-refractivity contribution in [2.75, 3.05) is 23.5 Å². The van der Waals surface area contributed by atoms with Crippen LogP contribution in [0.2, 0.25) is 0 Å². The van der Waals surface area contributed by atoms with Crippen molar-refractivity contribution >= 4 is 33.4 Å². The predicted molar refractivity (Wildman–Crippen MR) is 73.6 cm³/mol. The second kappa shape index (κ2) is 6.49. The van der Waals surface area contributed by atoms with Crippen molar-refractivity contribution in [3.63, 3.8) is 0 Å². The van der Waals surface area contributed by atoms with Crippen LogP contribution in [0.5, 0.6) is 0 Å². The van der Waals surface area contributed by atoms with Gasteiger partial charge in [-0.05, 0) is 6.42 Å². The van der Waals surface area contributed by atoms with Crippen LogP contribution >= 0.6 is 23.5 Å². The van der Waals surface area contributed by atoms with E-state index in [9.17, 15) is 8.42 Å². The fourth-order valence-electron chi connectivity index (χ4n) is 1.78. The van der Waals surface area contributed by atoms with Gasteiger partial charge in [0.15, 0.2) is 0 Å². The molecule has 16 heavy (non-hydrogen) atoms. The molecule has 1 saturated heterocycles. The average molecular weight is 284 g/mol. The summed E-state index contributed by atoms with van der Waals surface area (Å²) in [5.41, 5.74) is 2.78. The van der Waals surface area contributed by atoms with E-state index >= 15 is 0 Å². The molecular weight excluding hydrogens is 264 g/mol. The maximum absolute atomic E-state index is 11.1. The van der Waals surface area contributed by atoms with Gasteiger partial charge in [0, 0.05) is 34.3 Å². The molecule has 3 N–H and O–H groups in total. The second-order valence-electron chi connectivity index (χ2n) is 4.10. The Kier molecular flexibility index (Phi) is 5.93. The van der Waals surface area contributed by atoms with Crippen LogP contribution < -0.4 is 11.3 Å². The highest BCUT2D eigenvalue weighted by molar-refractivity contribution is 8.07. The van der Waals surface area contributed by atoms with Crippen LogP contribution in [0.1, 0.15) is 13.3 Å². The van der Waals surface area contributed by atoms with E-state index in [-0.39, 0.29) is 11.8 Å². The normalized spacial score (nSPS) is 28.9. The van der Waals surface area contributed by atoms with Crippen molar-refractivity contribution in [2.24, 2.45) is 5.84 Å². The van der Waals surface area contributed by atoms with Gasteiger partial charge in [-0.3, -0.25) is 11.3 Å². The third kappa shape index (κ3) is 4.83. The number of hydrogen-bond acceptors (Lipinski definition) is 6.